The number of benzene rings is 1. The van der Waals surface area contributed by atoms with Gasteiger partial charge in [-0.05, 0) is 43.6 Å². The Morgan fingerprint density at radius 3 is 2.76 bits per heavy atom. The summed E-state index contributed by atoms with van der Waals surface area (Å²) in [6.45, 7) is 0.687. The third-order valence-corrected chi connectivity index (χ3v) is 4.11. The molecule has 0 bridgehead atoms. The second-order valence-corrected chi connectivity index (χ2v) is 5.18. The molecule has 0 spiro atoms. The summed E-state index contributed by atoms with van der Waals surface area (Å²) >= 11 is 11.8. The number of carboxylic acids is 1. The third-order valence-electron chi connectivity index (χ3n) is 3.37. The molecule has 92 valence electrons. The SMILES string of the molecule is CNC[C@@H]1C[C@]1(C(=O)O)c1ccc(Cl)c(Cl)c1. The molecule has 1 aliphatic rings. The van der Waals surface area contributed by atoms with Crippen LogP contribution in [0.4, 0.5) is 0 Å². The van der Waals surface area contributed by atoms with E-state index in [1.165, 1.54) is 0 Å². The van der Waals surface area contributed by atoms with E-state index in [0.717, 1.165) is 5.56 Å². The minimum atomic E-state index is -0.795. The molecule has 2 rings (SSSR count). The number of rotatable bonds is 4. The normalized spacial score (nSPS) is 26.9. The van der Waals surface area contributed by atoms with Gasteiger partial charge in [0, 0.05) is 0 Å². The van der Waals surface area contributed by atoms with E-state index in [-0.39, 0.29) is 5.92 Å². The maximum atomic E-state index is 11.5. The molecule has 0 unspecified atom stereocenters. The number of halogens is 2. The van der Waals surface area contributed by atoms with E-state index in [0.29, 0.717) is 23.0 Å². The Balaban J connectivity index is 2.36. The van der Waals surface area contributed by atoms with Gasteiger partial charge in [-0.2, -0.15) is 0 Å². The van der Waals surface area contributed by atoms with E-state index in [1.807, 2.05) is 7.05 Å². The lowest BCUT2D eigenvalue weighted by atomic mass is 9.93. The summed E-state index contributed by atoms with van der Waals surface area (Å²) in [5.41, 5.74) is -0.0586. The van der Waals surface area contributed by atoms with Crippen LogP contribution >= 0.6 is 23.2 Å². The monoisotopic (exact) mass is 273 g/mol. The first kappa shape index (κ1) is 12.7. The largest absolute Gasteiger partial charge is 0.481 e. The zero-order valence-corrected chi connectivity index (χ0v) is 10.8. The molecule has 0 radical (unpaired) electrons. The predicted octanol–water partition coefficient (Wildman–Crippen LogP) is 2.56. The molecule has 17 heavy (non-hydrogen) atoms. The molecule has 3 nitrogen and oxygen atoms in total. The summed E-state index contributed by atoms with van der Waals surface area (Å²) in [7, 11) is 1.82. The highest BCUT2D eigenvalue weighted by molar-refractivity contribution is 6.42. The Bertz CT molecular complexity index is 464. The van der Waals surface area contributed by atoms with Crippen molar-refractivity contribution in [3.05, 3.63) is 33.8 Å². The molecule has 0 heterocycles. The van der Waals surface area contributed by atoms with Gasteiger partial charge in [0.25, 0.3) is 0 Å². The van der Waals surface area contributed by atoms with Crippen LogP contribution in [0.15, 0.2) is 18.2 Å². The van der Waals surface area contributed by atoms with Crippen molar-refractivity contribution >= 4 is 29.2 Å². The number of carbonyl (C=O) groups is 1. The van der Waals surface area contributed by atoms with Gasteiger partial charge in [-0.15, -0.1) is 0 Å². The topological polar surface area (TPSA) is 49.3 Å². The van der Waals surface area contributed by atoms with Gasteiger partial charge in [0.1, 0.15) is 0 Å². The number of hydrogen-bond acceptors (Lipinski definition) is 2. The molecule has 0 saturated heterocycles. The third kappa shape index (κ3) is 2.03. The lowest BCUT2D eigenvalue weighted by molar-refractivity contribution is -0.140. The summed E-state index contributed by atoms with van der Waals surface area (Å²) in [5, 5.41) is 13.3. The Morgan fingerprint density at radius 2 is 2.24 bits per heavy atom. The van der Waals surface area contributed by atoms with Crippen LogP contribution in [0, 0.1) is 5.92 Å². The minimum Gasteiger partial charge on any atom is -0.481 e. The second-order valence-electron chi connectivity index (χ2n) is 4.36. The molecule has 0 amide bonds. The van der Waals surface area contributed by atoms with Gasteiger partial charge in [0.2, 0.25) is 0 Å². The molecular weight excluding hydrogens is 261 g/mol. The van der Waals surface area contributed by atoms with Crippen LogP contribution in [-0.2, 0) is 10.2 Å². The van der Waals surface area contributed by atoms with Crippen molar-refractivity contribution in [2.45, 2.75) is 11.8 Å². The van der Waals surface area contributed by atoms with Crippen molar-refractivity contribution in [3.63, 3.8) is 0 Å². The Hall–Kier alpha value is -0.770. The molecular formula is C12H13Cl2NO2. The van der Waals surface area contributed by atoms with Crippen LogP contribution in [0.5, 0.6) is 0 Å². The van der Waals surface area contributed by atoms with Crippen molar-refractivity contribution < 1.29 is 9.90 Å². The molecule has 1 aliphatic carbocycles. The molecule has 5 heteroatoms. The number of nitrogens with one attached hydrogen (secondary N) is 1. The Labute approximate surface area is 110 Å². The van der Waals surface area contributed by atoms with E-state index in [1.54, 1.807) is 18.2 Å². The molecule has 1 aromatic carbocycles. The van der Waals surface area contributed by atoms with Crippen molar-refractivity contribution in [2.75, 3.05) is 13.6 Å². The summed E-state index contributed by atoms with van der Waals surface area (Å²) in [5.74, 6) is -0.682. The van der Waals surface area contributed by atoms with Crippen molar-refractivity contribution in [3.8, 4) is 0 Å². The molecule has 2 N–H and O–H groups in total. The van der Waals surface area contributed by atoms with E-state index < -0.39 is 11.4 Å². The van der Waals surface area contributed by atoms with Gasteiger partial charge in [-0.25, -0.2) is 0 Å². The van der Waals surface area contributed by atoms with Gasteiger partial charge < -0.3 is 10.4 Å². The van der Waals surface area contributed by atoms with Crippen LogP contribution in [0.2, 0.25) is 10.0 Å². The van der Waals surface area contributed by atoms with Crippen LogP contribution in [0.25, 0.3) is 0 Å². The van der Waals surface area contributed by atoms with Crippen LogP contribution in [-0.4, -0.2) is 24.7 Å². The number of hydrogen-bond donors (Lipinski definition) is 2. The fourth-order valence-electron chi connectivity index (χ4n) is 2.34. The first-order valence-electron chi connectivity index (χ1n) is 5.36. The Morgan fingerprint density at radius 1 is 1.53 bits per heavy atom. The molecule has 0 aliphatic heterocycles. The summed E-state index contributed by atoms with van der Waals surface area (Å²) in [4.78, 5) is 11.5. The smallest absolute Gasteiger partial charge is 0.314 e. The first-order valence-corrected chi connectivity index (χ1v) is 6.11. The zero-order valence-electron chi connectivity index (χ0n) is 9.34. The summed E-state index contributed by atoms with van der Waals surface area (Å²) in [6.07, 6.45) is 0.640. The summed E-state index contributed by atoms with van der Waals surface area (Å²) < 4.78 is 0. The first-order chi connectivity index (χ1) is 8.02. The molecule has 2 atom stereocenters. The van der Waals surface area contributed by atoms with Crippen LogP contribution in [0.3, 0.4) is 0 Å². The maximum Gasteiger partial charge on any atom is 0.314 e. The molecule has 1 saturated carbocycles. The highest BCUT2D eigenvalue weighted by Gasteiger charge is 2.61. The lowest BCUT2D eigenvalue weighted by Gasteiger charge is -2.13. The summed E-state index contributed by atoms with van der Waals surface area (Å²) in [6, 6.07) is 5.06. The van der Waals surface area contributed by atoms with Gasteiger partial charge >= 0.3 is 5.97 Å². The fraction of sp³-hybridized carbons (Fsp3) is 0.417. The van der Waals surface area contributed by atoms with Gasteiger partial charge in [0.05, 0.1) is 15.5 Å². The van der Waals surface area contributed by atoms with Crippen LogP contribution in [0.1, 0.15) is 12.0 Å². The number of carboxylic acid groups (broad SMARTS) is 1. The predicted molar refractivity (Wildman–Crippen MR) is 67.8 cm³/mol. The van der Waals surface area contributed by atoms with Gasteiger partial charge in [-0.1, -0.05) is 29.3 Å². The van der Waals surface area contributed by atoms with Gasteiger partial charge in [-0.3, -0.25) is 4.79 Å². The quantitative estimate of drug-likeness (QED) is 0.887. The van der Waals surface area contributed by atoms with Crippen molar-refractivity contribution in [1.29, 1.82) is 0 Å². The molecule has 1 aromatic rings. The minimum absolute atomic E-state index is 0.113. The Kier molecular flexibility index (Phi) is 3.34. The van der Waals surface area contributed by atoms with E-state index in [9.17, 15) is 9.90 Å². The highest BCUT2D eigenvalue weighted by atomic mass is 35.5. The van der Waals surface area contributed by atoms with Crippen molar-refractivity contribution in [1.82, 2.24) is 5.32 Å². The second kappa shape index (κ2) is 4.48. The number of aliphatic carboxylic acids is 1. The molecule has 0 aromatic heterocycles. The lowest BCUT2D eigenvalue weighted by Crippen LogP contribution is -2.26. The van der Waals surface area contributed by atoms with Crippen LogP contribution < -0.4 is 5.32 Å². The fourth-order valence-corrected chi connectivity index (χ4v) is 2.63. The average molecular weight is 274 g/mol. The van der Waals surface area contributed by atoms with E-state index in [2.05, 4.69) is 5.32 Å². The van der Waals surface area contributed by atoms with Gasteiger partial charge in [0.15, 0.2) is 0 Å². The zero-order chi connectivity index (χ0) is 12.6. The maximum absolute atomic E-state index is 11.5. The highest BCUT2D eigenvalue weighted by Crippen LogP contribution is 2.54. The van der Waals surface area contributed by atoms with E-state index >= 15 is 0 Å². The molecule has 1 fully saturated rings. The average Bonchev–Trinajstić information content (AvgIpc) is 2.98. The van der Waals surface area contributed by atoms with E-state index in [4.69, 9.17) is 23.2 Å². The van der Waals surface area contributed by atoms with Crippen molar-refractivity contribution in [2.24, 2.45) is 5.92 Å². The standard InChI is InChI=1S/C12H13Cl2NO2/c1-15-6-8-5-12(8,11(16)17)7-2-3-9(13)10(14)4-7/h2-4,8,15H,5-6H2,1H3,(H,16,17)/t8-,12-/m0/s1.